The zero-order valence-electron chi connectivity index (χ0n) is 7.13. The van der Waals surface area contributed by atoms with Crippen LogP contribution >= 0.6 is 0 Å². The molecule has 0 amide bonds. The first-order valence-electron chi connectivity index (χ1n) is 3.73. The Kier molecular flexibility index (Phi) is 5.65. The largest absolute Gasteiger partial charge is 0.416 e. The lowest BCUT2D eigenvalue weighted by Gasteiger charge is -2.15. The van der Waals surface area contributed by atoms with Crippen LogP contribution in [-0.4, -0.2) is 15.1 Å². The monoisotopic (exact) mass is 166 g/mol. The maximum Gasteiger partial charge on any atom is 0.171 e. The first-order chi connectivity index (χ1) is 5.20. The van der Waals surface area contributed by atoms with E-state index < -0.39 is 9.04 Å². The van der Waals surface area contributed by atoms with E-state index in [0.29, 0.717) is 12.8 Å². The molecule has 2 heteroatoms. The fourth-order valence-corrected chi connectivity index (χ4v) is 1.78. The minimum atomic E-state index is -0.983. The molecule has 0 aromatic rings. The quantitative estimate of drug-likeness (QED) is 0.453. The van der Waals surface area contributed by atoms with Crippen molar-refractivity contribution < 1.29 is 4.43 Å². The van der Waals surface area contributed by atoms with Gasteiger partial charge in [-0.2, -0.15) is 0 Å². The Morgan fingerprint density at radius 2 is 1.73 bits per heavy atom. The zero-order chi connectivity index (χ0) is 8.69. The molecule has 0 aliphatic rings. The Hall–Kier alpha value is -0.703. The first kappa shape index (κ1) is 10.3. The van der Waals surface area contributed by atoms with Crippen LogP contribution < -0.4 is 0 Å². The molecule has 1 nitrogen and oxygen atoms in total. The van der Waals surface area contributed by atoms with Crippen LogP contribution in [-0.2, 0) is 4.43 Å². The normalized spacial score (nSPS) is 9.64. The average Bonchev–Trinajstić information content (AvgIpc) is 1.87. The molecule has 0 aliphatic carbocycles. The third-order valence-corrected chi connectivity index (χ3v) is 2.08. The van der Waals surface area contributed by atoms with E-state index in [2.05, 4.69) is 24.9 Å². The fraction of sp³-hybridized carbons (Fsp3) is 0.556. The lowest BCUT2D eigenvalue weighted by Crippen LogP contribution is -2.19. The summed E-state index contributed by atoms with van der Waals surface area (Å²) in [6.07, 6.45) is 11.7. The van der Waals surface area contributed by atoms with Gasteiger partial charge < -0.3 is 4.43 Å². The highest BCUT2D eigenvalue weighted by Gasteiger charge is 2.07. The summed E-state index contributed by atoms with van der Waals surface area (Å²) in [6, 6.07) is 0. The van der Waals surface area contributed by atoms with Crippen LogP contribution in [0.2, 0.25) is 13.1 Å². The molecule has 0 fully saturated rings. The van der Waals surface area contributed by atoms with Gasteiger partial charge in [0.1, 0.15) is 0 Å². The molecule has 0 bridgehead atoms. The second kappa shape index (κ2) is 6.04. The number of terminal acetylenes is 2. The van der Waals surface area contributed by atoms with E-state index in [1.807, 2.05) is 0 Å². The van der Waals surface area contributed by atoms with E-state index in [-0.39, 0.29) is 6.10 Å². The van der Waals surface area contributed by atoms with Gasteiger partial charge in [0.25, 0.3) is 0 Å². The second-order valence-corrected chi connectivity index (χ2v) is 4.99. The molecule has 0 saturated carbocycles. The molecule has 0 spiro atoms. The summed E-state index contributed by atoms with van der Waals surface area (Å²) in [4.78, 5) is 0. The Balaban J connectivity index is 3.73. The molecule has 0 unspecified atom stereocenters. The summed E-state index contributed by atoms with van der Waals surface area (Å²) in [5, 5.41) is 0. The predicted octanol–water partition coefficient (Wildman–Crippen LogP) is 1.40. The first-order valence-corrected chi connectivity index (χ1v) is 6.51. The van der Waals surface area contributed by atoms with Crippen molar-refractivity contribution in [1.29, 1.82) is 0 Å². The van der Waals surface area contributed by atoms with E-state index in [1.54, 1.807) is 0 Å². The molecule has 11 heavy (non-hydrogen) atoms. The molecule has 0 aromatic carbocycles. The predicted molar refractivity (Wildman–Crippen MR) is 50.7 cm³/mol. The van der Waals surface area contributed by atoms with Crippen molar-refractivity contribution in [1.82, 2.24) is 0 Å². The maximum atomic E-state index is 5.58. The van der Waals surface area contributed by atoms with Gasteiger partial charge in [0.2, 0.25) is 0 Å². The van der Waals surface area contributed by atoms with Gasteiger partial charge in [-0.3, -0.25) is 0 Å². The summed E-state index contributed by atoms with van der Waals surface area (Å²) < 4.78 is 5.58. The summed E-state index contributed by atoms with van der Waals surface area (Å²) in [5.41, 5.74) is 0. The Morgan fingerprint density at radius 1 is 1.27 bits per heavy atom. The van der Waals surface area contributed by atoms with Gasteiger partial charge in [-0.05, 0) is 13.1 Å². The number of hydrogen-bond acceptors (Lipinski definition) is 1. The van der Waals surface area contributed by atoms with Crippen LogP contribution in [0.25, 0.3) is 0 Å². The van der Waals surface area contributed by atoms with Crippen molar-refractivity contribution in [3.05, 3.63) is 0 Å². The maximum absolute atomic E-state index is 5.58. The molecule has 0 aliphatic heterocycles. The van der Waals surface area contributed by atoms with Crippen molar-refractivity contribution in [3.63, 3.8) is 0 Å². The fourth-order valence-electron chi connectivity index (χ4n) is 0.816. The summed E-state index contributed by atoms with van der Waals surface area (Å²) in [7, 11) is -0.983. The number of hydrogen-bond donors (Lipinski definition) is 0. The van der Waals surface area contributed by atoms with Crippen LogP contribution in [0.4, 0.5) is 0 Å². The average molecular weight is 166 g/mol. The van der Waals surface area contributed by atoms with Crippen molar-refractivity contribution in [2.45, 2.75) is 32.0 Å². The second-order valence-electron chi connectivity index (χ2n) is 2.62. The van der Waals surface area contributed by atoms with E-state index >= 15 is 0 Å². The van der Waals surface area contributed by atoms with Gasteiger partial charge in [-0.1, -0.05) is 0 Å². The van der Waals surface area contributed by atoms with Crippen molar-refractivity contribution >= 4 is 9.04 Å². The molecule has 0 atom stereocenters. The van der Waals surface area contributed by atoms with Crippen molar-refractivity contribution in [2.24, 2.45) is 0 Å². The highest BCUT2D eigenvalue weighted by Crippen LogP contribution is 2.03. The zero-order valence-corrected chi connectivity index (χ0v) is 8.29. The van der Waals surface area contributed by atoms with Gasteiger partial charge in [-0.15, -0.1) is 24.7 Å². The van der Waals surface area contributed by atoms with Crippen LogP contribution in [0.15, 0.2) is 0 Å². The summed E-state index contributed by atoms with van der Waals surface area (Å²) in [6.45, 7) is 4.22. The van der Waals surface area contributed by atoms with Crippen LogP contribution in [0.3, 0.4) is 0 Å². The summed E-state index contributed by atoms with van der Waals surface area (Å²) in [5.74, 6) is 5.12. The highest BCUT2D eigenvalue weighted by molar-refractivity contribution is 6.48. The van der Waals surface area contributed by atoms with Gasteiger partial charge in [0.15, 0.2) is 9.04 Å². The highest BCUT2D eigenvalue weighted by atomic mass is 28.3. The van der Waals surface area contributed by atoms with E-state index in [9.17, 15) is 0 Å². The topological polar surface area (TPSA) is 9.23 Å². The minimum Gasteiger partial charge on any atom is -0.416 e. The molecular formula is C9H14OSi. The molecule has 0 rings (SSSR count). The van der Waals surface area contributed by atoms with E-state index in [4.69, 9.17) is 17.3 Å². The van der Waals surface area contributed by atoms with Crippen LogP contribution in [0.1, 0.15) is 12.8 Å². The van der Waals surface area contributed by atoms with Gasteiger partial charge in [-0.25, -0.2) is 0 Å². The lowest BCUT2D eigenvalue weighted by atomic mass is 10.2. The molecular weight excluding hydrogens is 152 g/mol. The Morgan fingerprint density at radius 3 is 2.00 bits per heavy atom. The Bertz CT molecular complexity index is 157. The van der Waals surface area contributed by atoms with E-state index in [0.717, 1.165) is 0 Å². The van der Waals surface area contributed by atoms with Crippen molar-refractivity contribution in [3.8, 4) is 24.7 Å². The Labute approximate surface area is 70.9 Å². The number of rotatable bonds is 4. The van der Waals surface area contributed by atoms with Gasteiger partial charge in [0, 0.05) is 12.8 Å². The molecule has 0 heterocycles. The molecule has 0 N–H and O–H groups in total. The van der Waals surface area contributed by atoms with Gasteiger partial charge in [0.05, 0.1) is 6.10 Å². The molecule has 0 radical (unpaired) electrons. The minimum absolute atomic E-state index is 0.0941. The van der Waals surface area contributed by atoms with Crippen molar-refractivity contribution in [2.75, 3.05) is 0 Å². The molecule has 60 valence electrons. The van der Waals surface area contributed by atoms with Crippen LogP contribution in [0, 0.1) is 24.7 Å². The molecule has 0 aromatic heterocycles. The third kappa shape index (κ3) is 5.73. The lowest BCUT2D eigenvalue weighted by molar-refractivity contribution is 0.217. The SMILES string of the molecule is C#CCC(CC#C)O[SiH](C)C. The molecule has 0 saturated heterocycles. The van der Waals surface area contributed by atoms with E-state index in [1.165, 1.54) is 0 Å². The summed E-state index contributed by atoms with van der Waals surface area (Å²) >= 11 is 0. The third-order valence-electron chi connectivity index (χ3n) is 1.16. The standard InChI is InChI=1S/C9H14OSi/c1-5-7-9(8-6-2)10-11(3)4/h1-2,9,11H,7-8H2,3-4H3. The van der Waals surface area contributed by atoms with Gasteiger partial charge >= 0.3 is 0 Å². The smallest absolute Gasteiger partial charge is 0.171 e. The van der Waals surface area contributed by atoms with Crippen LogP contribution in [0.5, 0.6) is 0 Å².